The highest BCUT2D eigenvalue weighted by molar-refractivity contribution is 7.94. The molecule has 12 heteroatoms. The Labute approximate surface area is 175 Å². The van der Waals surface area contributed by atoms with Gasteiger partial charge in [0.2, 0.25) is 5.76 Å². The highest BCUT2D eigenvalue weighted by atomic mass is 32.2. The van der Waals surface area contributed by atoms with Gasteiger partial charge in [-0.05, 0) is 31.2 Å². The lowest BCUT2D eigenvalue weighted by atomic mass is 10.3. The normalized spacial score (nSPS) is 11.6. The Kier molecular flexibility index (Phi) is 6.08. The SMILES string of the molecule is COc1cc(NS(=O)(=O)c2ccc(C=Cc3onc(C)c3[N+](=O)[O-])s2)cc(OC)c1. The summed E-state index contributed by atoms with van der Waals surface area (Å²) < 4.78 is 43.2. The molecule has 10 nitrogen and oxygen atoms in total. The molecule has 0 atom stereocenters. The third-order valence-electron chi connectivity index (χ3n) is 3.91. The number of aryl methyl sites for hydroxylation is 1. The van der Waals surface area contributed by atoms with Gasteiger partial charge in [0.25, 0.3) is 10.0 Å². The number of hydrogen-bond acceptors (Lipinski definition) is 9. The van der Waals surface area contributed by atoms with Crippen LogP contribution in [0.15, 0.2) is 39.1 Å². The first-order chi connectivity index (χ1) is 14.2. The first-order valence-electron chi connectivity index (χ1n) is 8.38. The Balaban J connectivity index is 1.82. The summed E-state index contributed by atoms with van der Waals surface area (Å²) in [6.45, 7) is 1.47. The third-order valence-corrected chi connectivity index (χ3v) is 6.83. The van der Waals surface area contributed by atoms with E-state index < -0.39 is 14.9 Å². The number of rotatable bonds is 8. The van der Waals surface area contributed by atoms with Crippen molar-refractivity contribution in [3.63, 3.8) is 0 Å². The lowest BCUT2D eigenvalue weighted by Gasteiger charge is -2.10. The molecule has 158 valence electrons. The Morgan fingerprint density at radius 3 is 2.43 bits per heavy atom. The number of nitrogens with zero attached hydrogens (tertiary/aromatic N) is 2. The zero-order valence-corrected chi connectivity index (χ0v) is 17.7. The van der Waals surface area contributed by atoms with E-state index in [2.05, 4.69) is 9.88 Å². The smallest absolute Gasteiger partial charge is 0.338 e. The van der Waals surface area contributed by atoms with Crippen molar-refractivity contribution in [2.75, 3.05) is 18.9 Å². The van der Waals surface area contributed by atoms with Crippen LogP contribution < -0.4 is 14.2 Å². The van der Waals surface area contributed by atoms with Crippen molar-refractivity contribution < 1.29 is 27.3 Å². The fourth-order valence-corrected chi connectivity index (χ4v) is 4.78. The van der Waals surface area contributed by atoms with Gasteiger partial charge in [0.1, 0.15) is 15.7 Å². The molecule has 0 fully saturated rings. The van der Waals surface area contributed by atoms with E-state index in [1.807, 2.05) is 0 Å². The number of aromatic nitrogens is 1. The topological polar surface area (TPSA) is 134 Å². The Morgan fingerprint density at radius 2 is 1.83 bits per heavy atom. The molecule has 1 N–H and O–H groups in total. The van der Waals surface area contributed by atoms with Gasteiger partial charge >= 0.3 is 5.69 Å². The molecule has 0 radical (unpaired) electrons. The molecule has 0 aliphatic heterocycles. The zero-order chi connectivity index (χ0) is 21.9. The molecule has 0 aliphatic carbocycles. The van der Waals surface area contributed by atoms with E-state index >= 15 is 0 Å². The molecule has 1 aromatic carbocycles. The summed E-state index contributed by atoms with van der Waals surface area (Å²) in [5.74, 6) is 0.855. The number of sulfonamides is 1. The molecule has 3 rings (SSSR count). The van der Waals surface area contributed by atoms with Crippen molar-refractivity contribution >= 4 is 44.9 Å². The summed E-state index contributed by atoms with van der Waals surface area (Å²) in [7, 11) is -0.936. The number of benzene rings is 1. The van der Waals surface area contributed by atoms with Crippen LogP contribution in [0.25, 0.3) is 12.2 Å². The first kappa shape index (κ1) is 21.3. The van der Waals surface area contributed by atoms with E-state index in [1.54, 1.807) is 12.1 Å². The number of methoxy groups -OCH3 is 2. The lowest BCUT2D eigenvalue weighted by Crippen LogP contribution is -2.11. The Bertz CT molecular complexity index is 1190. The predicted molar refractivity (Wildman–Crippen MR) is 111 cm³/mol. The van der Waals surface area contributed by atoms with Gasteiger partial charge in [0.15, 0.2) is 5.69 Å². The maximum atomic E-state index is 12.7. The number of nitro groups is 1. The average molecular weight is 451 g/mol. The minimum absolute atomic E-state index is 0.0168. The molecule has 0 spiro atoms. The van der Waals surface area contributed by atoms with Crippen molar-refractivity contribution in [1.29, 1.82) is 0 Å². The second-order valence-electron chi connectivity index (χ2n) is 5.93. The molecule has 0 saturated heterocycles. The Morgan fingerprint density at radius 1 is 1.17 bits per heavy atom. The van der Waals surface area contributed by atoms with E-state index in [0.29, 0.717) is 16.4 Å². The van der Waals surface area contributed by atoms with E-state index in [9.17, 15) is 18.5 Å². The number of anilines is 1. The van der Waals surface area contributed by atoms with Gasteiger partial charge < -0.3 is 14.0 Å². The van der Waals surface area contributed by atoms with Gasteiger partial charge in [-0.2, -0.15) is 0 Å². The summed E-state index contributed by atoms with van der Waals surface area (Å²) >= 11 is 0.988. The van der Waals surface area contributed by atoms with Crippen LogP contribution in [0, 0.1) is 17.0 Å². The summed E-state index contributed by atoms with van der Waals surface area (Å²) in [6, 6.07) is 7.69. The van der Waals surface area contributed by atoms with Gasteiger partial charge in [-0.15, -0.1) is 11.3 Å². The van der Waals surface area contributed by atoms with Gasteiger partial charge in [-0.25, -0.2) is 8.42 Å². The van der Waals surface area contributed by atoms with Crippen molar-refractivity contribution in [2.45, 2.75) is 11.1 Å². The molecule has 0 amide bonds. The molecule has 2 aromatic heterocycles. The molecule has 30 heavy (non-hydrogen) atoms. The van der Waals surface area contributed by atoms with Crippen LogP contribution in [-0.4, -0.2) is 32.7 Å². The van der Waals surface area contributed by atoms with Crippen molar-refractivity contribution in [3.05, 3.63) is 56.8 Å². The Hall–Kier alpha value is -3.38. The lowest BCUT2D eigenvalue weighted by molar-refractivity contribution is -0.386. The standard InChI is InChI=1S/C18H17N3O7S2/c1-11-18(21(22)23)16(28-19-11)6-4-15-5-7-17(29-15)30(24,25)20-12-8-13(26-2)10-14(9-12)27-3/h4-10,20H,1-3H3. The van der Waals surface area contributed by atoms with Crippen LogP contribution in [0.2, 0.25) is 0 Å². The van der Waals surface area contributed by atoms with Crippen LogP contribution in [0.3, 0.4) is 0 Å². The molecule has 3 aromatic rings. The van der Waals surface area contributed by atoms with Gasteiger partial charge in [0, 0.05) is 23.1 Å². The minimum atomic E-state index is -3.86. The molecular formula is C18H17N3O7S2. The minimum Gasteiger partial charge on any atom is -0.497 e. The second kappa shape index (κ2) is 8.55. The van der Waals surface area contributed by atoms with E-state index in [-0.39, 0.29) is 27.0 Å². The summed E-state index contributed by atoms with van der Waals surface area (Å²) in [4.78, 5) is 11.1. The van der Waals surface area contributed by atoms with E-state index in [0.717, 1.165) is 11.3 Å². The molecule has 0 aliphatic rings. The fraction of sp³-hybridized carbons (Fsp3) is 0.167. The predicted octanol–water partition coefficient (Wildman–Crippen LogP) is 3.94. The van der Waals surface area contributed by atoms with Crippen molar-refractivity contribution in [1.82, 2.24) is 5.16 Å². The molecular weight excluding hydrogens is 434 g/mol. The number of hydrogen-bond donors (Lipinski definition) is 1. The van der Waals surface area contributed by atoms with Crippen LogP contribution in [0.4, 0.5) is 11.4 Å². The van der Waals surface area contributed by atoms with Crippen LogP contribution in [-0.2, 0) is 10.0 Å². The van der Waals surface area contributed by atoms with Crippen LogP contribution >= 0.6 is 11.3 Å². The highest BCUT2D eigenvalue weighted by Crippen LogP contribution is 2.30. The fourth-order valence-electron chi connectivity index (χ4n) is 2.51. The maximum absolute atomic E-state index is 12.7. The van der Waals surface area contributed by atoms with E-state index in [4.69, 9.17) is 14.0 Å². The number of nitrogens with one attached hydrogen (secondary N) is 1. The zero-order valence-electron chi connectivity index (χ0n) is 16.1. The highest BCUT2D eigenvalue weighted by Gasteiger charge is 2.22. The van der Waals surface area contributed by atoms with Crippen LogP contribution in [0.5, 0.6) is 11.5 Å². The summed E-state index contributed by atoms with van der Waals surface area (Å²) in [6.07, 6.45) is 2.89. The maximum Gasteiger partial charge on any atom is 0.338 e. The largest absolute Gasteiger partial charge is 0.497 e. The molecule has 2 heterocycles. The summed E-state index contributed by atoms with van der Waals surface area (Å²) in [5, 5.41) is 14.7. The molecule has 0 saturated carbocycles. The van der Waals surface area contributed by atoms with Crippen molar-refractivity contribution in [2.24, 2.45) is 0 Å². The monoisotopic (exact) mass is 451 g/mol. The van der Waals surface area contributed by atoms with Gasteiger partial charge in [-0.1, -0.05) is 5.16 Å². The third kappa shape index (κ3) is 4.60. The van der Waals surface area contributed by atoms with E-state index in [1.165, 1.54) is 51.5 Å². The number of thiophene rings is 1. The second-order valence-corrected chi connectivity index (χ2v) is 8.96. The van der Waals surface area contributed by atoms with Crippen molar-refractivity contribution in [3.8, 4) is 11.5 Å². The number of ether oxygens (including phenoxy) is 2. The molecule has 0 unspecified atom stereocenters. The van der Waals surface area contributed by atoms with Gasteiger partial charge in [0.05, 0.1) is 24.8 Å². The quantitative estimate of drug-likeness (QED) is 0.402. The summed E-state index contributed by atoms with van der Waals surface area (Å²) in [5.41, 5.74) is 0.209. The average Bonchev–Trinajstić information content (AvgIpc) is 3.32. The first-order valence-corrected chi connectivity index (χ1v) is 10.7. The van der Waals surface area contributed by atoms with Crippen LogP contribution in [0.1, 0.15) is 16.3 Å². The van der Waals surface area contributed by atoms with Gasteiger partial charge in [-0.3, -0.25) is 14.8 Å². The molecule has 0 bridgehead atoms.